The van der Waals surface area contributed by atoms with E-state index < -0.39 is 23.4 Å². The molecule has 3 rings (SSSR count). The van der Waals surface area contributed by atoms with Gasteiger partial charge in [-0.05, 0) is 31.0 Å². The number of hydrogen-bond donors (Lipinski definition) is 0. The van der Waals surface area contributed by atoms with Gasteiger partial charge in [-0.15, -0.1) is 0 Å². The molecule has 0 N–H and O–H groups in total. The van der Waals surface area contributed by atoms with E-state index in [1.54, 1.807) is 6.07 Å². The monoisotopic (exact) mass is 363 g/mol. The standard InChI is InChI=1S/C18H13F4N3O/c1-25(17(7-8-17)18(20,21)22)16(26)15-23-10-13(11-24-15)6-5-12-3-2-4-14(19)9-12/h2-4,9-11H,7-8H2,1H3. The lowest BCUT2D eigenvalue weighted by atomic mass is 10.2. The van der Waals surface area contributed by atoms with Gasteiger partial charge in [-0.3, -0.25) is 4.79 Å². The van der Waals surface area contributed by atoms with Crippen LogP contribution in [-0.2, 0) is 0 Å². The number of benzene rings is 1. The normalized spacial score (nSPS) is 15.0. The Kier molecular flexibility index (Phi) is 4.40. The van der Waals surface area contributed by atoms with Crippen molar-refractivity contribution in [3.63, 3.8) is 0 Å². The minimum Gasteiger partial charge on any atom is -0.324 e. The van der Waals surface area contributed by atoms with Gasteiger partial charge < -0.3 is 4.90 Å². The van der Waals surface area contributed by atoms with Crippen LogP contribution in [-0.4, -0.2) is 39.5 Å². The molecule has 26 heavy (non-hydrogen) atoms. The molecule has 1 aromatic carbocycles. The van der Waals surface area contributed by atoms with Gasteiger partial charge in [-0.1, -0.05) is 17.9 Å². The van der Waals surface area contributed by atoms with Gasteiger partial charge in [0.25, 0.3) is 5.91 Å². The fourth-order valence-electron chi connectivity index (χ4n) is 2.49. The number of aromatic nitrogens is 2. The number of hydrogen-bond acceptors (Lipinski definition) is 3. The summed E-state index contributed by atoms with van der Waals surface area (Å²) in [5.41, 5.74) is -1.32. The highest BCUT2D eigenvalue weighted by Gasteiger charge is 2.67. The second-order valence-corrected chi connectivity index (χ2v) is 5.95. The molecule has 1 heterocycles. The summed E-state index contributed by atoms with van der Waals surface area (Å²) in [6.07, 6.45) is -2.26. The molecular weight excluding hydrogens is 350 g/mol. The highest BCUT2D eigenvalue weighted by molar-refractivity contribution is 5.91. The maximum atomic E-state index is 13.1. The van der Waals surface area contributed by atoms with Crippen LogP contribution >= 0.6 is 0 Å². The number of carbonyl (C=O) groups is 1. The molecule has 8 heteroatoms. The number of rotatable bonds is 2. The zero-order valence-electron chi connectivity index (χ0n) is 13.6. The zero-order chi connectivity index (χ0) is 18.9. The Hall–Kier alpha value is -2.95. The summed E-state index contributed by atoms with van der Waals surface area (Å²) in [6.45, 7) is 0. The second kappa shape index (κ2) is 6.41. The van der Waals surface area contributed by atoms with Crippen molar-refractivity contribution in [1.82, 2.24) is 14.9 Å². The lowest BCUT2D eigenvalue weighted by Crippen LogP contribution is -2.49. The summed E-state index contributed by atoms with van der Waals surface area (Å²) in [6, 6.07) is 5.68. The first-order valence-corrected chi connectivity index (χ1v) is 7.67. The van der Waals surface area contributed by atoms with E-state index in [0.29, 0.717) is 16.0 Å². The van der Waals surface area contributed by atoms with Crippen LogP contribution in [0.5, 0.6) is 0 Å². The summed E-state index contributed by atoms with van der Waals surface area (Å²) < 4.78 is 52.4. The van der Waals surface area contributed by atoms with Crippen LogP contribution in [0, 0.1) is 17.7 Å². The van der Waals surface area contributed by atoms with E-state index in [2.05, 4.69) is 21.8 Å². The van der Waals surface area contributed by atoms with E-state index in [1.807, 2.05) is 0 Å². The van der Waals surface area contributed by atoms with Gasteiger partial charge >= 0.3 is 6.18 Å². The maximum Gasteiger partial charge on any atom is 0.411 e. The maximum absolute atomic E-state index is 13.1. The van der Waals surface area contributed by atoms with Crippen molar-refractivity contribution >= 4 is 5.91 Å². The highest BCUT2D eigenvalue weighted by atomic mass is 19.4. The van der Waals surface area contributed by atoms with Crippen LogP contribution in [0.3, 0.4) is 0 Å². The van der Waals surface area contributed by atoms with Crippen LogP contribution < -0.4 is 0 Å². The molecular formula is C18H13F4N3O. The van der Waals surface area contributed by atoms with Crippen LogP contribution in [0.25, 0.3) is 0 Å². The van der Waals surface area contributed by atoms with E-state index in [1.165, 1.54) is 30.6 Å². The highest BCUT2D eigenvalue weighted by Crippen LogP contribution is 2.53. The largest absolute Gasteiger partial charge is 0.411 e. The van der Waals surface area contributed by atoms with Crippen molar-refractivity contribution in [3.05, 3.63) is 59.4 Å². The van der Waals surface area contributed by atoms with Crippen molar-refractivity contribution in [2.24, 2.45) is 0 Å². The minimum absolute atomic E-state index is 0.129. The average Bonchev–Trinajstić information content (AvgIpc) is 3.41. The zero-order valence-corrected chi connectivity index (χ0v) is 13.6. The summed E-state index contributed by atoms with van der Waals surface area (Å²) in [5.74, 6) is 3.76. The molecule has 0 aliphatic heterocycles. The van der Waals surface area contributed by atoms with Crippen molar-refractivity contribution in [1.29, 1.82) is 0 Å². The Morgan fingerprint density at radius 3 is 2.31 bits per heavy atom. The molecule has 2 aromatic rings. The van der Waals surface area contributed by atoms with E-state index >= 15 is 0 Å². The van der Waals surface area contributed by atoms with Crippen LogP contribution in [0.4, 0.5) is 17.6 Å². The summed E-state index contributed by atoms with van der Waals surface area (Å²) >= 11 is 0. The number of amides is 1. The fraction of sp³-hybridized carbons (Fsp3) is 0.278. The first-order valence-electron chi connectivity index (χ1n) is 7.67. The van der Waals surface area contributed by atoms with Crippen molar-refractivity contribution < 1.29 is 22.4 Å². The predicted octanol–water partition coefficient (Wildman–Crippen LogP) is 3.18. The van der Waals surface area contributed by atoms with Gasteiger partial charge in [0, 0.05) is 25.0 Å². The molecule has 0 saturated heterocycles. The molecule has 1 aliphatic carbocycles. The first kappa shape index (κ1) is 17.9. The molecule has 1 amide bonds. The van der Waals surface area contributed by atoms with Gasteiger partial charge in [0.1, 0.15) is 11.4 Å². The van der Waals surface area contributed by atoms with Gasteiger partial charge in [0.15, 0.2) is 0 Å². The van der Waals surface area contributed by atoms with Crippen molar-refractivity contribution in [2.45, 2.75) is 24.6 Å². The Balaban J connectivity index is 1.75. The topological polar surface area (TPSA) is 46.1 Å². The number of alkyl halides is 3. The number of halogens is 4. The summed E-state index contributed by atoms with van der Waals surface area (Å²) in [4.78, 5) is 20.5. The number of carbonyl (C=O) groups excluding carboxylic acids is 1. The first-order chi connectivity index (χ1) is 12.2. The molecule has 1 aliphatic rings. The third-order valence-corrected chi connectivity index (χ3v) is 4.22. The molecule has 1 fully saturated rings. The smallest absolute Gasteiger partial charge is 0.324 e. The van der Waals surface area contributed by atoms with Gasteiger partial charge in [-0.25, -0.2) is 14.4 Å². The lowest BCUT2D eigenvalue weighted by molar-refractivity contribution is -0.185. The van der Waals surface area contributed by atoms with Crippen LogP contribution in [0.2, 0.25) is 0 Å². The number of nitrogens with zero attached hydrogens (tertiary/aromatic N) is 3. The predicted molar refractivity (Wildman–Crippen MR) is 84.5 cm³/mol. The molecule has 134 valence electrons. The molecule has 0 atom stereocenters. The molecule has 0 spiro atoms. The van der Waals surface area contributed by atoms with Crippen LogP contribution in [0.15, 0.2) is 36.7 Å². The minimum atomic E-state index is -4.49. The molecule has 0 bridgehead atoms. The molecule has 1 aromatic heterocycles. The van der Waals surface area contributed by atoms with Crippen molar-refractivity contribution in [3.8, 4) is 11.8 Å². The van der Waals surface area contributed by atoms with E-state index in [0.717, 1.165) is 7.05 Å². The van der Waals surface area contributed by atoms with Crippen LogP contribution in [0.1, 0.15) is 34.6 Å². The molecule has 4 nitrogen and oxygen atoms in total. The summed E-state index contributed by atoms with van der Waals surface area (Å²) in [5, 5.41) is 0. The van der Waals surface area contributed by atoms with E-state index in [9.17, 15) is 22.4 Å². The Morgan fingerprint density at radius 1 is 1.15 bits per heavy atom. The average molecular weight is 363 g/mol. The Morgan fingerprint density at radius 2 is 1.77 bits per heavy atom. The summed E-state index contributed by atoms with van der Waals surface area (Å²) in [7, 11) is 1.10. The third-order valence-electron chi connectivity index (χ3n) is 4.22. The van der Waals surface area contributed by atoms with E-state index in [-0.39, 0.29) is 18.7 Å². The van der Waals surface area contributed by atoms with Gasteiger partial charge in [-0.2, -0.15) is 13.2 Å². The van der Waals surface area contributed by atoms with E-state index in [4.69, 9.17) is 0 Å². The lowest BCUT2D eigenvalue weighted by Gasteiger charge is -2.29. The molecule has 0 radical (unpaired) electrons. The molecule has 1 saturated carbocycles. The Labute approximate surface area is 146 Å². The van der Waals surface area contributed by atoms with Crippen molar-refractivity contribution in [2.75, 3.05) is 7.05 Å². The Bertz CT molecular complexity index is 893. The second-order valence-electron chi connectivity index (χ2n) is 5.95. The quantitative estimate of drug-likeness (QED) is 0.608. The third kappa shape index (κ3) is 3.38. The van der Waals surface area contributed by atoms with Gasteiger partial charge in [0.2, 0.25) is 5.82 Å². The SMILES string of the molecule is CN(C(=O)c1ncc(C#Cc2cccc(F)c2)cn1)C1(C(F)(F)F)CC1. The van der Waals surface area contributed by atoms with Gasteiger partial charge in [0.05, 0.1) is 5.56 Å². The molecule has 0 unspecified atom stereocenters. The fourth-order valence-corrected chi connectivity index (χ4v) is 2.49.